The maximum Gasteiger partial charge on any atom is 0.254 e. The fourth-order valence-corrected chi connectivity index (χ4v) is 3.81. The third-order valence-corrected chi connectivity index (χ3v) is 5.46. The normalized spacial score (nSPS) is 16.9. The lowest BCUT2D eigenvalue weighted by Crippen LogP contribution is -2.34. The van der Waals surface area contributed by atoms with Crippen LogP contribution in [0, 0.1) is 0 Å². The van der Waals surface area contributed by atoms with Gasteiger partial charge in [-0.2, -0.15) is 0 Å². The third-order valence-electron chi connectivity index (χ3n) is 5.46. The van der Waals surface area contributed by atoms with E-state index in [2.05, 4.69) is 18.2 Å². The van der Waals surface area contributed by atoms with Crippen LogP contribution in [0.15, 0.2) is 54.6 Å². The molecule has 0 aliphatic carbocycles. The van der Waals surface area contributed by atoms with Crippen LogP contribution in [-0.2, 0) is 4.79 Å². The molecule has 4 rings (SSSR count). The summed E-state index contributed by atoms with van der Waals surface area (Å²) in [6, 6.07) is 15.4. The summed E-state index contributed by atoms with van der Waals surface area (Å²) in [5.41, 5.74) is 3.97. The molecule has 2 aliphatic rings. The second-order valence-corrected chi connectivity index (χ2v) is 7.15. The van der Waals surface area contributed by atoms with E-state index in [1.807, 2.05) is 41.3 Å². The molecular weight excluding hydrogens is 352 g/mol. The van der Waals surface area contributed by atoms with E-state index in [0.29, 0.717) is 25.1 Å². The van der Waals surface area contributed by atoms with E-state index in [9.17, 15) is 9.59 Å². The fraction of sp³-hybridized carbons (Fsp3) is 0.304. The Bertz CT molecular complexity index is 900. The molecule has 2 aromatic rings. The Morgan fingerprint density at radius 1 is 0.964 bits per heavy atom. The van der Waals surface area contributed by atoms with Crippen LogP contribution >= 0.6 is 0 Å². The van der Waals surface area contributed by atoms with Crippen LogP contribution in [0.2, 0.25) is 0 Å². The topological polar surface area (TPSA) is 49.9 Å². The van der Waals surface area contributed by atoms with Crippen molar-refractivity contribution >= 4 is 23.1 Å². The number of amides is 2. The minimum absolute atomic E-state index is 0.0318. The van der Waals surface area contributed by atoms with E-state index in [1.54, 1.807) is 12.0 Å². The standard InChI is InChI=1S/C23H24N2O3/c1-28-21-10-6-17(7-11-21)18-12-15-24(16-13-18)23(27)19-4-8-20(9-5-19)25-14-2-3-22(25)26/h4-12H,2-3,13-16H2,1H3. The smallest absolute Gasteiger partial charge is 0.254 e. The van der Waals surface area contributed by atoms with Gasteiger partial charge in [0.2, 0.25) is 5.91 Å². The zero-order valence-corrected chi connectivity index (χ0v) is 16.1. The van der Waals surface area contributed by atoms with Gasteiger partial charge in [0, 0.05) is 37.3 Å². The molecule has 0 N–H and O–H groups in total. The first-order chi connectivity index (χ1) is 13.7. The Balaban J connectivity index is 1.41. The highest BCUT2D eigenvalue weighted by molar-refractivity contribution is 5.97. The summed E-state index contributed by atoms with van der Waals surface area (Å²) in [5.74, 6) is 1.03. The van der Waals surface area contributed by atoms with Crippen LogP contribution in [0.5, 0.6) is 5.75 Å². The lowest BCUT2D eigenvalue weighted by molar-refractivity contribution is -0.117. The molecule has 1 saturated heterocycles. The van der Waals surface area contributed by atoms with Crippen LogP contribution in [0.4, 0.5) is 5.69 Å². The molecule has 0 spiro atoms. The Labute approximate surface area is 165 Å². The number of carbonyl (C=O) groups excluding carboxylic acids is 2. The van der Waals surface area contributed by atoms with Gasteiger partial charge in [-0.15, -0.1) is 0 Å². The van der Waals surface area contributed by atoms with Crippen molar-refractivity contribution in [2.75, 3.05) is 31.6 Å². The van der Waals surface area contributed by atoms with Crippen LogP contribution in [-0.4, -0.2) is 43.5 Å². The van der Waals surface area contributed by atoms with Crippen molar-refractivity contribution in [3.8, 4) is 5.75 Å². The van der Waals surface area contributed by atoms with Gasteiger partial charge in [0.05, 0.1) is 7.11 Å². The van der Waals surface area contributed by atoms with E-state index in [-0.39, 0.29) is 11.8 Å². The molecule has 2 heterocycles. The maximum atomic E-state index is 12.8. The fourth-order valence-electron chi connectivity index (χ4n) is 3.81. The van der Waals surface area contributed by atoms with E-state index in [1.165, 1.54) is 11.1 Å². The Morgan fingerprint density at radius 2 is 1.71 bits per heavy atom. The number of benzene rings is 2. The lowest BCUT2D eigenvalue weighted by Gasteiger charge is -2.27. The number of hydrogen-bond donors (Lipinski definition) is 0. The zero-order valence-electron chi connectivity index (χ0n) is 16.1. The number of rotatable bonds is 4. The summed E-state index contributed by atoms with van der Waals surface area (Å²) in [5, 5.41) is 0. The van der Waals surface area contributed by atoms with Gasteiger partial charge in [-0.25, -0.2) is 0 Å². The number of hydrogen-bond acceptors (Lipinski definition) is 3. The van der Waals surface area contributed by atoms with Crippen LogP contribution < -0.4 is 9.64 Å². The molecule has 5 nitrogen and oxygen atoms in total. The van der Waals surface area contributed by atoms with Crippen LogP contribution in [0.3, 0.4) is 0 Å². The number of carbonyl (C=O) groups is 2. The predicted octanol–water partition coefficient (Wildman–Crippen LogP) is 3.75. The average molecular weight is 376 g/mol. The molecule has 1 fully saturated rings. The Morgan fingerprint density at radius 3 is 2.29 bits per heavy atom. The first-order valence-electron chi connectivity index (χ1n) is 9.69. The van der Waals surface area contributed by atoms with Crippen molar-refractivity contribution in [2.45, 2.75) is 19.3 Å². The van der Waals surface area contributed by atoms with Gasteiger partial charge in [0.1, 0.15) is 5.75 Å². The molecule has 2 amide bonds. The number of ether oxygens (including phenoxy) is 1. The highest BCUT2D eigenvalue weighted by Crippen LogP contribution is 2.26. The molecule has 0 atom stereocenters. The summed E-state index contributed by atoms with van der Waals surface area (Å²) >= 11 is 0. The molecular formula is C23H24N2O3. The van der Waals surface area contributed by atoms with Crippen LogP contribution in [0.25, 0.3) is 5.57 Å². The third kappa shape index (κ3) is 3.65. The van der Waals surface area contributed by atoms with E-state index in [0.717, 1.165) is 30.8 Å². The molecule has 28 heavy (non-hydrogen) atoms. The molecule has 0 unspecified atom stereocenters. The highest BCUT2D eigenvalue weighted by Gasteiger charge is 2.23. The highest BCUT2D eigenvalue weighted by atomic mass is 16.5. The lowest BCUT2D eigenvalue weighted by atomic mass is 9.99. The van der Waals surface area contributed by atoms with E-state index >= 15 is 0 Å². The van der Waals surface area contributed by atoms with Crippen molar-refractivity contribution in [3.63, 3.8) is 0 Å². The molecule has 0 saturated carbocycles. The minimum atomic E-state index is 0.0318. The van der Waals surface area contributed by atoms with Gasteiger partial charge in [-0.3, -0.25) is 9.59 Å². The Hall–Kier alpha value is -3.08. The second-order valence-electron chi connectivity index (χ2n) is 7.15. The van der Waals surface area contributed by atoms with Gasteiger partial charge >= 0.3 is 0 Å². The number of nitrogens with zero attached hydrogens (tertiary/aromatic N) is 2. The van der Waals surface area contributed by atoms with Gasteiger partial charge in [-0.05, 0) is 60.4 Å². The first kappa shape index (κ1) is 18.3. The minimum Gasteiger partial charge on any atom is -0.497 e. The molecule has 2 aromatic carbocycles. The number of anilines is 1. The van der Waals surface area contributed by atoms with Gasteiger partial charge < -0.3 is 14.5 Å². The van der Waals surface area contributed by atoms with Crippen LogP contribution in [0.1, 0.15) is 35.2 Å². The molecule has 0 radical (unpaired) electrons. The van der Waals surface area contributed by atoms with E-state index in [4.69, 9.17) is 4.74 Å². The molecule has 0 bridgehead atoms. The second kappa shape index (κ2) is 7.89. The van der Waals surface area contributed by atoms with Crippen molar-refractivity contribution in [1.29, 1.82) is 0 Å². The summed E-state index contributed by atoms with van der Waals surface area (Å²) in [6.45, 7) is 2.06. The van der Waals surface area contributed by atoms with Gasteiger partial charge in [0.15, 0.2) is 0 Å². The zero-order chi connectivity index (χ0) is 19.5. The maximum absolute atomic E-state index is 12.8. The Kier molecular flexibility index (Phi) is 5.15. The molecule has 2 aliphatic heterocycles. The first-order valence-corrected chi connectivity index (χ1v) is 9.69. The van der Waals surface area contributed by atoms with Crippen molar-refractivity contribution < 1.29 is 14.3 Å². The van der Waals surface area contributed by atoms with Crippen molar-refractivity contribution in [2.24, 2.45) is 0 Å². The summed E-state index contributed by atoms with van der Waals surface area (Å²) in [7, 11) is 1.66. The van der Waals surface area contributed by atoms with Gasteiger partial charge in [-0.1, -0.05) is 18.2 Å². The predicted molar refractivity (Wildman–Crippen MR) is 110 cm³/mol. The van der Waals surface area contributed by atoms with Crippen molar-refractivity contribution in [3.05, 3.63) is 65.7 Å². The summed E-state index contributed by atoms with van der Waals surface area (Å²) in [4.78, 5) is 28.3. The monoisotopic (exact) mass is 376 g/mol. The quantitative estimate of drug-likeness (QED) is 0.817. The summed E-state index contributed by atoms with van der Waals surface area (Å²) in [6.07, 6.45) is 4.46. The van der Waals surface area contributed by atoms with Gasteiger partial charge in [0.25, 0.3) is 5.91 Å². The van der Waals surface area contributed by atoms with Crippen molar-refractivity contribution in [1.82, 2.24) is 4.90 Å². The molecule has 5 heteroatoms. The van der Waals surface area contributed by atoms with E-state index < -0.39 is 0 Å². The summed E-state index contributed by atoms with van der Waals surface area (Å²) < 4.78 is 5.21. The largest absolute Gasteiger partial charge is 0.497 e. The average Bonchev–Trinajstić information content (AvgIpc) is 3.19. The molecule has 0 aromatic heterocycles. The SMILES string of the molecule is COc1ccc(C2=CCN(C(=O)c3ccc(N4CCCC4=O)cc3)CC2)cc1. The molecule has 144 valence electrons. The number of methoxy groups -OCH3 is 1.